The highest BCUT2D eigenvalue weighted by Gasteiger charge is 2.49. The third kappa shape index (κ3) is 3.39. The Labute approximate surface area is 143 Å². The van der Waals surface area contributed by atoms with Gasteiger partial charge >= 0.3 is 0 Å². The van der Waals surface area contributed by atoms with Gasteiger partial charge in [-0.2, -0.15) is 0 Å². The van der Waals surface area contributed by atoms with Gasteiger partial charge in [-0.1, -0.05) is 0 Å². The molecule has 24 heavy (non-hydrogen) atoms. The Bertz CT molecular complexity index is 570. The van der Waals surface area contributed by atoms with E-state index in [1.807, 2.05) is 4.90 Å². The fourth-order valence-corrected chi connectivity index (χ4v) is 3.46. The average Bonchev–Trinajstić information content (AvgIpc) is 2.55. The molecule has 0 radical (unpaired) electrons. The molecule has 0 saturated carbocycles. The topological polar surface area (TPSA) is 54.9 Å². The molecule has 2 aliphatic heterocycles. The van der Waals surface area contributed by atoms with Crippen molar-refractivity contribution in [3.8, 4) is 5.88 Å². The third-order valence-electron chi connectivity index (χ3n) is 4.90. The van der Waals surface area contributed by atoms with Crippen molar-refractivity contribution in [3.63, 3.8) is 0 Å². The predicted octanol–water partition coefficient (Wildman–Crippen LogP) is 1.80. The molecule has 2 unspecified atom stereocenters. The third-order valence-corrected chi connectivity index (χ3v) is 4.90. The summed E-state index contributed by atoms with van der Waals surface area (Å²) in [6, 6.07) is 4.20. The molecule has 6 nitrogen and oxygen atoms in total. The Morgan fingerprint density at radius 2 is 1.96 bits per heavy atom. The van der Waals surface area contributed by atoms with E-state index in [9.17, 15) is 4.79 Å². The number of hydrogen-bond donors (Lipinski definition) is 0. The van der Waals surface area contributed by atoms with Crippen LogP contribution in [0.25, 0.3) is 0 Å². The molecule has 2 fully saturated rings. The molecular formula is C18H27N3O3. The predicted molar refractivity (Wildman–Crippen MR) is 91.3 cm³/mol. The van der Waals surface area contributed by atoms with E-state index >= 15 is 0 Å². The van der Waals surface area contributed by atoms with E-state index in [2.05, 4.69) is 30.7 Å². The normalized spacial score (nSPS) is 23.8. The van der Waals surface area contributed by atoms with Gasteiger partial charge in [0, 0.05) is 50.1 Å². The molecule has 3 heterocycles. The number of ether oxygens (including phenoxy) is 2. The molecule has 2 bridgehead atoms. The number of hydrogen-bond acceptors (Lipinski definition) is 5. The first kappa shape index (κ1) is 17.2. The number of piperazine rings is 1. The van der Waals surface area contributed by atoms with E-state index in [0.717, 1.165) is 19.5 Å². The van der Waals surface area contributed by atoms with Crippen LogP contribution in [0.3, 0.4) is 0 Å². The molecule has 2 aliphatic rings. The second kappa shape index (κ2) is 6.69. The summed E-state index contributed by atoms with van der Waals surface area (Å²) in [5, 5.41) is 0. The number of nitrogens with zero attached hydrogens (tertiary/aromatic N) is 3. The smallest absolute Gasteiger partial charge is 0.256 e. The summed E-state index contributed by atoms with van der Waals surface area (Å²) in [5.41, 5.74) is 0.794. The highest BCUT2D eigenvalue weighted by molar-refractivity contribution is 5.95. The number of pyridine rings is 1. The minimum atomic E-state index is 0.0840. The van der Waals surface area contributed by atoms with Crippen LogP contribution >= 0.6 is 0 Å². The monoisotopic (exact) mass is 333 g/mol. The zero-order valence-electron chi connectivity index (χ0n) is 15.0. The molecular weight excluding hydrogens is 306 g/mol. The fourth-order valence-electron chi connectivity index (χ4n) is 3.46. The maximum atomic E-state index is 12.8. The molecule has 0 aliphatic carbocycles. The highest BCUT2D eigenvalue weighted by Crippen LogP contribution is 2.36. The number of amides is 1. The van der Waals surface area contributed by atoms with Crippen molar-refractivity contribution in [1.82, 2.24) is 14.8 Å². The quantitative estimate of drug-likeness (QED) is 0.769. The van der Waals surface area contributed by atoms with Gasteiger partial charge in [0.15, 0.2) is 0 Å². The van der Waals surface area contributed by atoms with E-state index < -0.39 is 0 Å². The van der Waals surface area contributed by atoms with Gasteiger partial charge in [-0.25, -0.2) is 4.98 Å². The van der Waals surface area contributed by atoms with E-state index in [4.69, 9.17) is 9.47 Å². The van der Waals surface area contributed by atoms with Crippen molar-refractivity contribution < 1.29 is 14.3 Å². The van der Waals surface area contributed by atoms with E-state index in [0.29, 0.717) is 36.7 Å². The Kier molecular flexibility index (Phi) is 4.78. The number of carbonyl (C=O) groups is 1. The lowest BCUT2D eigenvalue weighted by Crippen LogP contribution is -2.72. The number of likely N-dealkylation sites (tertiary alicyclic amines) is 2. The van der Waals surface area contributed by atoms with Crippen molar-refractivity contribution in [1.29, 1.82) is 0 Å². The van der Waals surface area contributed by atoms with Gasteiger partial charge in [-0.05, 0) is 33.3 Å². The van der Waals surface area contributed by atoms with Gasteiger partial charge in [-0.3, -0.25) is 9.69 Å². The summed E-state index contributed by atoms with van der Waals surface area (Å²) < 4.78 is 10.4. The van der Waals surface area contributed by atoms with Crippen LogP contribution in [0.2, 0.25) is 0 Å². The molecule has 3 rings (SSSR count). The maximum absolute atomic E-state index is 12.8. The summed E-state index contributed by atoms with van der Waals surface area (Å²) in [5.74, 6) is 0.604. The first-order valence-electron chi connectivity index (χ1n) is 8.55. The molecule has 1 aromatic heterocycles. The van der Waals surface area contributed by atoms with E-state index in [1.165, 1.54) is 0 Å². The largest absolute Gasteiger partial charge is 0.475 e. The molecule has 2 atom stereocenters. The number of piperidine rings is 1. The van der Waals surface area contributed by atoms with Crippen LogP contribution in [0.4, 0.5) is 0 Å². The minimum absolute atomic E-state index is 0.0840. The number of aromatic nitrogens is 1. The van der Waals surface area contributed by atoms with Gasteiger partial charge < -0.3 is 14.4 Å². The molecule has 6 heteroatoms. The van der Waals surface area contributed by atoms with Crippen molar-refractivity contribution in [2.75, 3.05) is 33.4 Å². The van der Waals surface area contributed by atoms with Crippen LogP contribution in [-0.2, 0) is 4.74 Å². The van der Waals surface area contributed by atoms with Gasteiger partial charge in [0.2, 0.25) is 5.88 Å². The van der Waals surface area contributed by atoms with Crippen LogP contribution in [0, 0.1) is 0 Å². The second-order valence-electron chi connectivity index (χ2n) is 7.56. The lowest BCUT2D eigenvalue weighted by molar-refractivity contribution is -0.0737. The molecule has 132 valence electrons. The zero-order chi connectivity index (χ0) is 17.3. The SMILES string of the molecule is COCCOc1ccc(C(=O)N2C3CC2CN(C(C)(C)C)C3)cn1. The standard InChI is InChI=1S/C18H27N3O3/c1-18(2,3)20-11-14-9-15(12-20)21(14)17(22)13-5-6-16(19-10-13)24-8-7-23-4/h5-6,10,14-15H,7-9,11-12H2,1-4H3. The van der Waals surface area contributed by atoms with Crippen molar-refractivity contribution in [2.45, 2.75) is 44.8 Å². The molecule has 2 saturated heterocycles. The highest BCUT2D eigenvalue weighted by atomic mass is 16.5. The van der Waals surface area contributed by atoms with Crippen LogP contribution < -0.4 is 4.74 Å². The summed E-state index contributed by atoms with van der Waals surface area (Å²) in [7, 11) is 1.63. The molecule has 1 amide bonds. The lowest BCUT2D eigenvalue weighted by atomic mass is 9.84. The van der Waals surface area contributed by atoms with Crippen LogP contribution in [-0.4, -0.2) is 71.7 Å². The minimum Gasteiger partial charge on any atom is -0.475 e. The molecule has 0 aromatic carbocycles. The number of methoxy groups -OCH3 is 1. The van der Waals surface area contributed by atoms with Crippen molar-refractivity contribution in [3.05, 3.63) is 23.9 Å². The van der Waals surface area contributed by atoms with Gasteiger partial charge in [0.1, 0.15) is 6.61 Å². The van der Waals surface area contributed by atoms with Gasteiger partial charge in [-0.15, -0.1) is 0 Å². The zero-order valence-corrected chi connectivity index (χ0v) is 15.0. The summed E-state index contributed by atoms with van der Waals surface area (Å²) in [6.07, 6.45) is 2.73. The Hall–Kier alpha value is -1.66. The van der Waals surface area contributed by atoms with Crippen molar-refractivity contribution >= 4 is 5.91 Å². The molecule has 0 N–H and O–H groups in total. The number of fused-ring (bicyclic) bond motifs is 2. The fraction of sp³-hybridized carbons (Fsp3) is 0.667. The van der Waals surface area contributed by atoms with Gasteiger partial charge in [0.25, 0.3) is 5.91 Å². The number of carbonyl (C=O) groups excluding carboxylic acids is 1. The summed E-state index contributed by atoms with van der Waals surface area (Å²) in [6.45, 7) is 9.58. The molecule has 0 spiro atoms. The molecule has 1 aromatic rings. The van der Waals surface area contributed by atoms with Crippen LogP contribution in [0.15, 0.2) is 18.3 Å². The Morgan fingerprint density at radius 3 is 2.50 bits per heavy atom. The van der Waals surface area contributed by atoms with E-state index in [-0.39, 0.29) is 11.4 Å². The van der Waals surface area contributed by atoms with Gasteiger partial charge in [0.05, 0.1) is 12.2 Å². The summed E-state index contributed by atoms with van der Waals surface area (Å²) >= 11 is 0. The maximum Gasteiger partial charge on any atom is 0.256 e. The van der Waals surface area contributed by atoms with Crippen LogP contribution in [0.1, 0.15) is 37.6 Å². The second-order valence-corrected chi connectivity index (χ2v) is 7.56. The lowest BCUT2D eigenvalue weighted by Gasteiger charge is -2.59. The first-order chi connectivity index (χ1) is 11.4. The van der Waals surface area contributed by atoms with E-state index in [1.54, 1.807) is 25.4 Å². The van der Waals surface area contributed by atoms with Crippen LogP contribution in [0.5, 0.6) is 5.88 Å². The Morgan fingerprint density at radius 1 is 1.25 bits per heavy atom. The first-order valence-corrected chi connectivity index (χ1v) is 8.55. The van der Waals surface area contributed by atoms with Crippen molar-refractivity contribution in [2.24, 2.45) is 0 Å². The summed E-state index contributed by atoms with van der Waals surface area (Å²) in [4.78, 5) is 21.5. The Balaban J connectivity index is 1.60. The number of rotatable bonds is 5. The average molecular weight is 333 g/mol.